The number of ether oxygens (including phenoxy) is 1. The van der Waals surface area contributed by atoms with Gasteiger partial charge in [0.25, 0.3) is 0 Å². The van der Waals surface area contributed by atoms with Crippen LogP contribution in [0.25, 0.3) is 0 Å². The lowest BCUT2D eigenvalue weighted by Crippen LogP contribution is -2.53. The van der Waals surface area contributed by atoms with Crippen LogP contribution in [0.5, 0.6) is 0 Å². The van der Waals surface area contributed by atoms with Gasteiger partial charge in [0.05, 0.1) is 26.2 Å². The van der Waals surface area contributed by atoms with E-state index in [4.69, 9.17) is 4.74 Å². The van der Waals surface area contributed by atoms with Gasteiger partial charge in [-0.2, -0.15) is 0 Å². The topological polar surface area (TPSA) is 149 Å². The first-order valence-corrected chi connectivity index (χ1v) is 16.0. The molecular weight excluding hydrogens is 570 g/mol. The van der Waals surface area contributed by atoms with Gasteiger partial charge in [-0.3, -0.25) is 23.4 Å². The van der Waals surface area contributed by atoms with Crippen LogP contribution in [0.15, 0.2) is 30.3 Å². The standard InChI is InChI=1S/C21H29N5O6S.2C4H10.C2H2.4H2/c27-17(18-14-32-18)11-23-21(30)16(10-15-4-2-1-3-5-15)25-20(29)12-22-19(28)13-24-26-6-8-33(31)9-7-26;2*1-4(2)3;1-2;;;;/h1-5,16,18,24H,6-14H2,(H,22,28)(H,23,30)(H,25,29);2*4H,1-3H3;1-2H;4*1H/t16-,18+;;;;;;;/m0......./s1. The molecule has 3 rings (SSSR count). The maximum Gasteiger partial charge on any atom is 0.243 e. The van der Waals surface area contributed by atoms with E-state index >= 15 is 0 Å². The van der Waals surface area contributed by atoms with Gasteiger partial charge >= 0.3 is 0 Å². The van der Waals surface area contributed by atoms with E-state index in [-0.39, 0.29) is 43.5 Å². The number of ketones is 1. The Morgan fingerprint density at radius 3 is 1.95 bits per heavy atom. The van der Waals surface area contributed by atoms with E-state index < -0.39 is 34.8 Å². The van der Waals surface area contributed by atoms with Crippen molar-refractivity contribution in [1.82, 2.24) is 26.4 Å². The van der Waals surface area contributed by atoms with Crippen LogP contribution in [0, 0.1) is 24.7 Å². The van der Waals surface area contributed by atoms with Gasteiger partial charge in [0.15, 0.2) is 5.78 Å². The monoisotopic (exact) mass is 629 g/mol. The van der Waals surface area contributed by atoms with E-state index in [0.717, 1.165) is 17.4 Å². The number of hydrogen-bond acceptors (Lipinski definition) is 8. The third kappa shape index (κ3) is 22.1. The molecule has 4 N–H and O–H groups in total. The highest BCUT2D eigenvalue weighted by molar-refractivity contribution is 7.85. The third-order valence-corrected chi connectivity index (χ3v) is 6.43. The summed E-state index contributed by atoms with van der Waals surface area (Å²) >= 11 is 0. The number of epoxide rings is 1. The maximum absolute atomic E-state index is 12.6. The van der Waals surface area contributed by atoms with Crippen molar-refractivity contribution in [3.05, 3.63) is 35.9 Å². The van der Waals surface area contributed by atoms with Gasteiger partial charge in [0, 0.05) is 47.5 Å². The van der Waals surface area contributed by atoms with Crippen LogP contribution in [0.2, 0.25) is 0 Å². The molecule has 0 aliphatic carbocycles. The first kappa shape index (κ1) is 39.9. The van der Waals surface area contributed by atoms with Crippen LogP contribution in [0.3, 0.4) is 0 Å². The van der Waals surface area contributed by atoms with Crippen molar-refractivity contribution in [2.45, 2.75) is 60.1 Å². The quantitative estimate of drug-likeness (QED) is 0.203. The number of rotatable bonds is 12. The largest absolute Gasteiger partial charge is 0.365 e. The zero-order valence-electron chi connectivity index (χ0n) is 26.5. The first-order chi connectivity index (χ1) is 20.4. The molecule has 2 aliphatic rings. The summed E-state index contributed by atoms with van der Waals surface area (Å²) in [5.41, 5.74) is 3.79. The number of hydrazine groups is 1. The van der Waals surface area contributed by atoms with Crippen LogP contribution in [-0.4, -0.2) is 95.7 Å². The molecule has 2 aliphatic heterocycles. The minimum Gasteiger partial charge on any atom is -0.365 e. The molecule has 2 atom stereocenters. The summed E-state index contributed by atoms with van der Waals surface area (Å²) in [5, 5.41) is 9.51. The fourth-order valence-corrected chi connectivity index (χ4v) is 4.22. The van der Waals surface area contributed by atoms with Crippen LogP contribution in [-0.2, 0) is 41.1 Å². The van der Waals surface area contributed by atoms with Gasteiger partial charge in [-0.25, -0.2) is 10.4 Å². The van der Waals surface area contributed by atoms with Crippen molar-refractivity contribution in [1.29, 1.82) is 0 Å². The highest BCUT2D eigenvalue weighted by Crippen LogP contribution is 2.09. The summed E-state index contributed by atoms with van der Waals surface area (Å²) in [6.45, 7) is 14.1. The number of terminal acetylenes is 1. The Morgan fingerprint density at radius 2 is 1.44 bits per heavy atom. The van der Waals surface area contributed by atoms with Gasteiger partial charge in [-0.05, 0) is 17.4 Å². The zero-order valence-corrected chi connectivity index (χ0v) is 27.3. The Balaban J connectivity index is -0.000000373. The molecule has 0 unspecified atom stereocenters. The molecule has 2 saturated heterocycles. The Hall–Kier alpha value is -3.11. The average molecular weight is 630 g/mol. The lowest BCUT2D eigenvalue weighted by Gasteiger charge is -2.26. The summed E-state index contributed by atoms with van der Waals surface area (Å²) < 4.78 is 16.3. The Bertz CT molecular complexity index is 1010. The lowest BCUT2D eigenvalue weighted by molar-refractivity contribution is -0.130. The zero-order chi connectivity index (χ0) is 32.8. The fraction of sp³-hybridized carbons (Fsp3) is 0.613. The van der Waals surface area contributed by atoms with Crippen molar-refractivity contribution in [3.63, 3.8) is 0 Å². The smallest absolute Gasteiger partial charge is 0.243 e. The number of carbonyl (C=O) groups excluding carboxylic acids is 4. The van der Waals surface area contributed by atoms with Crippen molar-refractivity contribution in [2.24, 2.45) is 11.8 Å². The van der Waals surface area contributed by atoms with Crippen LogP contribution >= 0.6 is 0 Å². The van der Waals surface area contributed by atoms with E-state index in [1.165, 1.54) is 0 Å². The maximum atomic E-state index is 12.6. The normalized spacial score (nSPS) is 16.6. The first-order valence-electron chi connectivity index (χ1n) is 14.6. The highest BCUT2D eigenvalue weighted by atomic mass is 32.2. The molecule has 0 aromatic heterocycles. The summed E-state index contributed by atoms with van der Waals surface area (Å²) in [6, 6.07) is 8.26. The third-order valence-electron chi connectivity index (χ3n) is 5.15. The fourth-order valence-electron chi connectivity index (χ4n) is 3.17. The number of nitrogens with one attached hydrogen (secondary N) is 4. The van der Waals surface area contributed by atoms with Gasteiger partial charge in [-0.1, -0.05) is 71.9 Å². The molecule has 0 bridgehead atoms. The average Bonchev–Trinajstić information content (AvgIpc) is 3.81. The summed E-state index contributed by atoms with van der Waals surface area (Å²) in [6.07, 6.45) is 7.78. The van der Waals surface area contributed by atoms with E-state index in [9.17, 15) is 23.4 Å². The molecule has 250 valence electrons. The van der Waals surface area contributed by atoms with Crippen LogP contribution < -0.4 is 21.4 Å². The lowest BCUT2D eigenvalue weighted by atomic mass is 10.1. The number of benzene rings is 1. The number of nitrogens with zero attached hydrogens (tertiary/aromatic N) is 1. The second kappa shape index (κ2) is 23.4. The molecule has 1 aromatic carbocycles. The molecule has 0 saturated carbocycles. The Morgan fingerprint density at radius 1 is 0.907 bits per heavy atom. The minimum atomic E-state index is -0.905. The predicted molar refractivity (Wildman–Crippen MR) is 180 cm³/mol. The number of amides is 3. The summed E-state index contributed by atoms with van der Waals surface area (Å²) in [7, 11) is -0.806. The Labute approximate surface area is 266 Å². The molecule has 0 radical (unpaired) electrons. The number of carbonyl (C=O) groups is 4. The van der Waals surface area contributed by atoms with Crippen LogP contribution in [0.4, 0.5) is 0 Å². The molecular formula is C31H59N5O6S. The molecule has 11 nitrogen and oxygen atoms in total. The number of hydrogen-bond donors (Lipinski definition) is 4. The van der Waals surface area contributed by atoms with Crippen molar-refractivity contribution < 1.29 is 33.8 Å². The molecule has 3 amide bonds. The second-order valence-corrected chi connectivity index (χ2v) is 12.9. The van der Waals surface area contributed by atoms with E-state index in [1.807, 2.05) is 35.3 Å². The van der Waals surface area contributed by atoms with Crippen molar-refractivity contribution in [2.75, 3.05) is 50.8 Å². The van der Waals surface area contributed by atoms with Gasteiger partial charge in [0.2, 0.25) is 17.7 Å². The van der Waals surface area contributed by atoms with Crippen molar-refractivity contribution >= 4 is 34.3 Å². The van der Waals surface area contributed by atoms with Crippen LogP contribution in [0.1, 0.15) is 52.8 Å². The van der Waals surface area contributed by atoms with Gasteiger partial charge < -0.3 is 20.7 Å². The molecule has 1 aromatic rings. The second-order valence-electron chi connectivity index (χ2n) is 11.2. The summed E-state index contributed by atoms with van der Waals surface area (Å²) in [5.74, 6) is 1.17. The van der Waals surface area contributed by atoms with E-state index in [2.05, 4.69) is 75.8 Å². The Kier molecular flexibility index (Phi) is 21.7. The molecule has 0 spiro atoms. The van der Waals surface area contributed by atoms with E-state index in [0.29, 0.717) is 31.2 Å². The van der Waals surface area contributed by atoms with E-state index in [1.54, 1.807) is 0 Å². The SMILES string of the molecule is C#C.CC(C)C.CC(C)C.O=C(CNN1CCS(=O)CC1)NCC(=O)N[C@@H](Cc1ccccc1)C(=O)NCC(=O)[C@H]1CO1.[HH].[HH].[HH].[HH]. The predicted octanol–water partition coefficient (Wildman–Crippen LogP) is 2.04. The van der Waals surface area contributed by atoms with Crippen molar-refractivity contribution in [3.8, 4) is 12.8 Å². The number of Topliss-reactive ketones (excluding diaryl/α,β-unsaturated/α-hetero) is 1. The molecule has 2 fully saturated rings. The highest BCUT2D eigenvalue weighted by Gasteiger charge is 2.31. The van der Waals surface area contributed by atoms with Gasteiger partial charge in [0.1, 0.15) is 12.1 Å². The summed E-state index contributed by atoms with van der Waals surface area (Å²) in [4.78, 5) is 48.8. The minimum absolute atomic E-state index is 0. The molecule has 2 heterocycles. The molecule has 12 heteroatoms. The molecule has 43 heavy (non-hydrogen) atoms. The van der Waals surface area contributed by atoms with Gasteiger partial charge in [-0.15, -0.1) is 12.8 Å².